The van der Waals surface area contributed by atoms with E-state index in [0.717, 1.165) is 12.2 Å². The predicted octanol–water partition coefficient (Wildman–Crippen LogP) is -0.295. The van der Waals surface area contributed by atoms with Gasteiger partial charge in [-0.05, 0) is 26.3 Å². The normalized spacial score (nSPS) is 35.2. The fourth-order valence-electron chi connectivity index (χ4n) is 1.87. The molecule has 0 saturated carbocycles. The highest BCUT2D eigenvalue weighted by atomic mass is 15.5. The molecule has 0 spiro atoms. The van der Waals surface area contributed by atoms with E-state index < -0.39 is 0 Å². The molecule has 1 fully saturated rings. The van der Waals surface area contributed by atoms with E-state index in [1.807, 2.05) is 18.1 Å². The number of nitrogens with two attached hydrogens (primary N) is 1. The van der Waals surface area contributed by atoms with Gasteiger partial charge in [-0.15, -0.1) is 0 Å². The van der Waals surface area contributed by atoms with Gasteiger partial charge >= 0.3 is 0 Å². The molecule has 0 bridgehead atoms. The molecule has 2 aliphatic rings. The van der Waals surface area contributed by atoms with Crippen molar-refractivity contribution in [1.29, 1.82) is 0 Å². The number of rotatable bonds is 1. The summed E-state index contributed by atoms with van der Waals surface area (Å²) in [5, 5.41) is 8.51. The highest BCUT2D eigenvalue weighted by molar-refractivity contribution is 5.07. The summed E-state index contributed by atoms with van der Waals surface area (Å²) >= 11 is 0. The SMILES string of the molecule is CC1=CNC([C@@H]2CCCN2)N1N. The summed E-state index contributed by atoms with van der Waals surface area (Å²) in [5.74, 6) is 5.86. The lowest BCUT2D eigenvalue weighted by atomic mass is 10.2. The Balaban J connectivity index is 1.98. The summed E-state index contributed by atoms with van der Waals surface area (Å²) in [6.07, 6.45) is 4.71. The quantitative estimate of drug-likeness (QED) is 0.471. The molecule has 0 aromatic heterocycles. The number of hydrogen-bond acceptors (Lipinski definition) is 4. The zero-order valence-electron chi connectivity index (χ0n) is 7.38. The van der Waals surface area contributed by atoms with Crippen LogP contribution < -0.4 is 16.5 Å². The number of nitrogens with zero attached hydrogens (tertiary/aromatic N) is 1. The highest BCUT2D eigenvalue weighted by Crippen LogP contribution is 2.17. The molecule has 12 heavy (non-hydrogen) atoms. The van der Waals surface area contributed by atoms with Crippen LogP contribution in [0.5, 0.6) is 0 Å². The Hall–Kier alpha value is -0.740. The number of allylic oxidation sites excluding steroid dienone is 1. The zero-order valence-corrected chi connectivity index (χ0v) is 7.38. The second kappa shape index (κ2) is 2.95. The maximum atomic E-state index is 5.86. The number of hydrazine groups is 1. The van der Waals surface area contributed by atoms with Crippen molar-refractivity contribution in [2.24, 2.45) is 5.84 Å². The van der Waals surface area contributed by atoms with Crippen molar-refractivity contribution in [3.8, 4) is 0 Å². The van der Waals surface area contributed by atoms with Crippen LogP contribution in [0.4, 0.5) is 0 Å². The van der Waals surface area contributed by atoms with Gasteiger partial charge in [0.15, 0.2) is 0 Å². The lowest BCUT2D eigenvalue weighted by Crippen LogP contribution is -2.52. The molecule has 4 N–H and O–H groups in total. The largest absolute Gasteiger partial charge is 0.367 e. The van der Waals surface area contributed by atoms with Gasteiger partial charge in [-0.2, -0.15) is 0 Å². The summed E-state index contributed by atoms with van der Waals surface area (Å²) in [6, 6.07) is 0.503. The number of hydrogen-bond donors (Lipinski definition) is 3. The monoisotopic (exact) mass is 168 g/mol. The lowest BCUT2D eigenvalue weighted by Gasteiger charge is -2.28. The van der Waals surface area contributed by atoms with E-state index in [-0.39, 0.29) is 6.17 Å². The van der Waals surface area contributed by atoms with E-state index in [1.54, 1.807) is 0 Å². The maximum Gasteiger partial charge on any atom is 0.128 e. The molecule has 68 valence electrons. The van der Waals surface area contributed by atoms with E-state index in [0.29, 0.717) is 6.04 Å². The standard InChI is InChI=1S/C8H16N4/c1-6-5-11-8(12(6)9)7-3-2-4-10-7/h5,7-8,10-11H,2-4,9H2,1H3/t7-,8?/m0/s1. The molecule has 2 aliphatic heterocycles. The zero-order chi connectivity index (χ0) is 8.55. The van der Waals surface area contributed by atoms with Crippen molar-refractivity contribution in [2.45, 2.75) is 32.0 Å². The van der Waals surface area contributed by atoms with Crippen LogP contribution in [0.3, 0.4) is 0 Å². The summed E-state index contributed by atoms with van der Waals surface area (Å²) in [5.41, 5.74) is 1.11. The Labute approximate surface area is 72.8 Å². The molecular weight excluding hydrogens is 152 g/mol. The minimum absolute atomic E-state index is 0.257. The second-order valence-electron chi connectivity index (χ2n) is 3.51. The summed E-state index contributed by atoms with van der Waals surface area (Å²) < 4.78 is 0. The second-order valence-corrected chi connectivity index (χ2v) is 3.51. The molecule has 4 nitrogen and oxygen atoms in total. The summed E-state index contributed by atoms with van der Waals surface area (Å²) in [4.78, 5) is 0. The third-order valence-electron chi connectivity index (χ3n) is 2.65. The van der Waals surface area contributed by atoms with Gasteiger partial charge in [-0.25, -0.2) is 5.84 Å². The van der Waals surface area contributed by atoms with Crippen LogP contribution in [0.25, 0.3) is 0 Å². The van der Waals surface area contributed by atoms with Gasteiger partial charge in [-0.1, -0.05) is 0 Å². The molecule has 4 heteroatoms. The molecule has 0 aromatic rings. The molecule has 2 heterocycles. The molecule has 2 atom stereocenters. The minimum Gasteiger partial charge on any atom is -0.367 e. The molecule has 0 aliphatic carbocycles. The first-order chi connectivity index (χ1) is 5.79. The van der Waals surface area contributed by atoms with Gasteiger partial charge in [0, 0.05) is 17.9 Å². The Bertz CT molecular complexity index is 195. The van der Waals surface area contributed by atoms with Crippen molar-refractivity contribution in [3.63, 3.8) is 0 Å². The number of nitrogens with one attached hydrogen (secondary N) is 2. The fraction of sp³-hybridized carbons (Fsp3) is 0.750. The third kappa shape index (κ3) is 1.17. The van der Waals surface area contributed by atoms with Crippen molar-refractivity contribution >= 4 is 0 Å². The Kier molecular flexibility index (Phi) is 1.94. The van der Waals surface area contributed by atoms with E-state index in [9.17, 15) is 0 Å². The Morgan fingerprint density at radius 1 is 1.67 bits per heavy atom. The van der Waals surface area contributed by atoms with E-state index >= 15 is 0 Å². The van der Waals surface area contributed by atoms with Gasteiger partial charge in [0.2, 0.25) is 0 Å². The molecule has 0 amide bonds. The van der Waals surface area contributed by atoms with E-state index in [4.69, 9.17) is 5.84 Å². The van der Waals surface area contributed by atoms with Crippen LogP contribution in [0.15, 0.2) is 11.9 Å². The van der Waals surface area contributed by atoms with Crippen molar-refractivity contribution in [1.82, 2.24) is 15.6 Å². The van der Waals surface area contributed by atoms with Crippen LogP contribution in [-0.2, 0) is 0 Å². The molecule has 1 saturated heterocycles. The molecule has 2 rings (SSSR count). The van der Waals surface area contributed by atoms with Crippen molar-refractivity contribution in [2.75, 3.05) is 6.54 Å². The third-order valence-corrected chi connectivity index (χ3v) is 2.65. The first kappa shape index (κ1) is 7.89. The Morgan fingerprint density at radius 3 is 3.00 bits per heavy atom. The van der Waals surface area contributed by atoms with Crippen LogP contribution in [0, 0.1) is 0 Å². The van der Waals surface area contributed by atoms with Gasteiger partial charge in [0.25, 0.3) is 0 Å². The topological polar surface area (TPSA) is 53.3 Å². The summed E-state index contributed by atoms with van der Waals surface area (Å²) in [6.45, 7) is 3.14. The first-order valence-corrected chi connectivity index (χ1v) is 4.49. The minimum atomic E-state index is 0.257. The fourth-order valence-corrected chi connectivity index (χ4v) is 1.87. The molecular formula is C8H16N4. The molecule has 1 unspecified atom stereocenters. The first-order valence-electron chi connectivity index (χ1n) is 4.49. The average molecular weight is 168 g/mol. The molecule has 0 aromatic carbocycles. The summed E-state index contributed by atoms with van der Waals surface area (Å²) in [7, 11) is 0. The van der Waals surface area contributed by atoms with Crippen LogP contribution in [0.2, 0.25) is 0 Å². The van der Waals surface area contributed by atoms with Gasteiger partial charge < -0.3 is 10.6 Å². The van der Waals surface area contributed by atoms with Crippen LogP contribution >= 0.6 is 0 Å². The van der Waals surface area contributed by atoms with Gasteiger partial charge in [-0.3, -0.25) is 5.01 Å². The van der Waals surface area contributed by atoms with Crippen molar-refractivity contribution in [3.05, 3.63) is 11.9 Å². The van der Waals surface area contributed by atoms with E-state index in [1.165, 1.54) is 12.8 Å². The Morgan fingerprint density at radius 2 is 2.50 bits per heavy atom. The van der Waals surface area contributed by atoms with Gasteiger partial charge in [0.1, 0.15) is 6.17 Å². The maximum absolute atomic E-state index is 5.86. The van der Waals surface area contributed by atoms with Gasteiger partial charge in [0.05, 0.1) is 0 Å². The predicted molar refractivity (Wildman–Crippen MR) is 47.7 cm³/mol. The lowest BCUT2D eigenvalue weighted by molar-refractivity contribution is 0.219. The van der Waals surface area contributed by atoms with E-state index in [2.05, 4.69) is 10.6 Å². The van der Waals surface area contributed by atoms with Crippen LogP contribution in [-0.4, -0.2) is 23.8 Å². The molecule has 0 radical (unpaired) electrons. The highest BCUT2D eigenvalue weighted by Gasteiger charge is 2.30. The smallest absolute Gasteiger partial charge is 0.128 e. The van der Waals surface area contributed by atoms with Crippen molar-refractivity contribution < 1.29 is 0 Å². The van der Waals surface area contributed by atoms with Crippen LogP contribution in [0.1, 0.15) is 19.8 Å². The average Bonchev–Trinajstić information content (AvgIpc) is 2.64.